The van der Waals surface area contributed by atoms with E-state index in [2.05, 4.69) is 43.7 Å². The van der Waals surface area contributed by atoms with Crippen LogP contribution in [0.1, 0.15) is 32.6 Å². The van der Waals surface area contributed by atoms with E-state index in [1.165, 1.54) is 4.88 Å². The van der Waals surface area contributed by atoms with Crippen molar-refractivity contribution in [1.29, 1.82) is 0 Å². The second-order valence-corrected chi connectivity index (χ2v) is 6.33. The summed E-state index contributed by atoms with van der Waals surface area (Å²) in [5.41, 5.74) is 2.99. The lowest BCUT2D eigenvalue weighted by Gasteiger charge is -2.36. The lowest BCUT2D eigenvalue weighted by molar-refractivity contribution is -0.0354. The molecule has 2 unspecified atom stereocenters. The summed E-state index contributed by atoms with van der Waals surface area (Å²) in [6.07, 6.45) is 1.02. The topological polar surface area (TPSA) is 47.3 Å². The Hall–Kier alpha value is -0.420. The van der Waals surface area contributed by atoms with Gasteiger partial charge in [0.25, 0.3) is 0 Å². The fraction of sp³-hybridized carbons (Fsp3) is 0.692. The van der Waals surface area contributed by atoms with Crippen LogP contribution in [0.3, 0.4) is 0 Å². The minimum Gasteiger partial charge on any atom is -0.376 e. The van der Waals surface area contributed by atoms with Crippen LogP contribution >= 0.6 is 11.3 Å². The Kier molecular flexibility index (Phi) is 5.59. The normalized spacial score (nSPS) is 15.8. The van der Waals surface area contributed by atoms with Crippen molar-refractivity contribution in [3.63, 3.8) is 0 Å². The molecule has 0 aromatic carbocycles. The molecule has 0 bridgehead atoms. The standard InChI is InChI=1S/C13H24N2OS/c1-5-16-12(13(2,3)4)11(15-14)9-10-7-6-8-17-10/h6-8,11-12,15H,5,9,14H2,1-4H3. The predicted molar refractivity (Wildman–Crippen MR) is 74.0 cm³/mol. The van der Waals surface area contributed by atoms with E-state index in [9.17, 15) is 0 Å². The molecule has 0 amide bonds. The molecule has 0 saturated carbocycles. The summed E-state index contributed by atoms with van der Waals surface area (Å²) in [6, 6.07) is 4.36. The molecule has 1 aromatic rings. The summed E-state index contributed by atoms with van der Waals surface area (Å²) >= 11 is 1.76. The van der Waals surface area contributed by atoms with Crippen LogP contribution in [0, 0.1) is 5.41 Å². The average Bonchev–Trinajstić information content (AvgIpc) is 2.74. The molecule has 3 N–H and O–H groups in total. The first-order valence-electron chi connectivity index (χ1n) is 6.09. The van der Waals surface area contributed by atoms with Gasteiger partial charge in [0.05, 0.1) is 12.1 Å². The van der Waals surface area contributed by atoms with E-state index in [-0.39, 0.29) is 17.6 Å². The van der Waals surface area contributed by atoms with Crippen LogP contribution in [0.25, 0.3) is 0 Å². The van der Waals surface area contributed by atoms with E-state index in [0.717, 1.165) is 6.42 Å². The number of ether oxygens (including phenoxy) is 1. The zero-order chi connectivity index (χ0) is 12.9. The highest BCUT2D eigenvalue weighted by atomic mass is 32.1. The zero-order valence-electron chi connectivity index (χ0n) is 11.2. The van der Waals surface area contributed by atoms with Crippen molar-refractivity contribution in [2.24, 2.45) is 11.3 Å². The summed E-state index contributed by atoms with van der Waals surface area (Å²) < 4.78 is 5.87. The summed E-state index contributed by atoms with van der Waals surface area (Å²) in [6.45, 7) is 9.30. The molecule has 1 heterocycles. The van der Waals surface area contributed by atoms with Gasteiger partial charge in [-0.2, -0.15) is 0 Å². The lowest BCUT2D eigenvalue weighted by Crippen LogP contribution is -2.51. The quantitative estimate of drug-likeness (QED) is 0.607. The molecule has 2 atom stereocenters. The van der Waals surface area contributed by atoms with Crippen LogP contribution < -0.4 is 11.3 Å². The Labute approximate surface area is 108 Å². The van der Waals surface area contributed by atoms with Crippen LogP contribution in [-0.4, -0.2) is 18.8 Å². The zero-order valence-corrected chi connectivity index (χ0v) is 12.0. The Morgan fingerprint density at radius 3 is 2.59 bits per heavy atom. The maximum absolute atomic E-state index is 5.87. The van der Waals surface area contributed by atoms with Crippen LogP contribution in [0.5, 0.6) is 0 Å². The van der Waals surface area contributed by atoms with Gasteiger partial charge in [-0.25, -0.2) is 0 Å². The van der Waals surface area contributed by atoms with Gasteiger partial charge in [-0.15, -0.1) is 11.3 Å². The fourth-order valence-electron chi connectivity index (χ4n) is 2.05. The van der Waals surface area contributed by atoms with Gasteiger partial charge >= 0.3 is 0 Å². The van der Waals surface area contributed by atoms with Crippen molar-refractivity contribution in [2.45, 2.75) is 46.3 Å². The van der Waals surface area contributed by atoms with E-state index < -0.39 is 0 Å². The molecule has 1 rings (SSSR count). The average molecular weight is 256 g/mol. The molecule has 0 aliphatic rings. The fourth-order valence-corrected chi connectivity index (χ4v) is 2.81. The highest BCUT2D eigenvalue weighted by molar-refractivity contribution is 7.09. The number of hydrazine groups is 1. The Morgan fingerprint density at radius 2 is 2.18 bits per heavy atom. The number of rotatable bonds is 6. The summed E-state index contributed by atoms with van der Waals surface area (Å²) in [4.78, 5) is 1.34. The van der Waals surface area contributed by atoms with Crippen LogP contribution in [0.15, 0.2) is 17.5 Å². The Balaban J connectivity index is 2.74. The van der Waals surface area contributed by atoms with Crippen molar-refractivity contribution < 1.29 is 4.74 Å². The van der Waals surface area contributed by atoms with Gasteiger partial charge in [0.1, 0.15) is 0 Å². The highest BCUT2D eigenvalue weighted by Crippen LogP contribution is 2.27. The second-order valence-electron chi connectivity index (χ2n) is 5.30. The summed E-state index contributed by atoms with van der Waals surface area (Å²) in [7, 11) is 0. The molecular formula is C13H24N2OS. The SMILES string of the molecule is CCOC(C(Cc1cccs1)NN)C(C)(C)C. The maximum atomic E-state index is 5.87. The molecule has 0 aliphatic heterocycles. The third kappa shape index (κ3) is 4.39. The molecule has 4 heteroatoms. The number of hydrogen-bond donors (Lipinski definition) is 2. The molecule has 0 saturated heterocycles. The van der Waals surface area contributed by atoms with E-state index in [4.69, 9.17) is 10.6 Å². The number of nitrogens with one attached hydrogen (secondary N) is 1. The molecule has 98 valence electrons. The Bertz CT molecular complexity index is 306. The Morgan fingerprint density at radius 1 is 1.47 bits per heavy atom. The third-order valence-corrected chi connectivity index (χ3v) is 3.68. The first-order chi connectivity index (χ1) is 7.99. The van der Waals surface area contributed by atoms with Crippen molar-refractivity contribution in [3.8, 4) is 0 Å². The van der Waals surface area contributed by atoms with Crippen LogP contribution in [0.4, 0.5) is 0 Å². The monoisotopic (exact) mass is 256 g/mol. The van der Waals surface area contributed by atoms with Gasteiger partial charge in [0, 0.05) is 17.9 Å². The van der Waals surface area contributed by atoms with E-state index in [1.54, 1.807) is 11.3 Å². The molecule has 0 fully saturated rings. The van der Waals surface area contributed by atoms with E-state index in [0.29, 0.717) is 6.61 Å². The van der Waals surface area contributed by atoms with Crippen molar-refractivity contribution >= 4 is 11.3 Å². The molecule has 3 nitrogen and oxygen atoms in total. The molecule has 0 spiro atoms. The molecule has 1 aromatic heterocycles. The molecular weight excluding hydrogens is 232 g/mol. The van der Waals surface area contributed by atoms with Gasteiger partial charge in [0.2, 0.25) is 0 Å². The maximum Gasteiger partial charge on any atom is 0.0792 e. The summed E-state index contributed by atoms with van der Waals surface area (Å²) in [5, 5.41) is 2.09. The molecule has 0 aliphatic carbocycles. The molecule has 0 radical (unpaired) electrons. The number of thiophene rings is 1. The smallest absolute Gasteiger partial charge is 0.0792 e. The predicted octanol–water partition coefficient (Wildman–Crippen LogP) is 2.57. The van der Waals surface area contributed by atoms with E-state index in [1.807, 2.05) is 6.92 Å². The number of hydrogen-bond acceptors (Lipinski definition) is 4. The van der Waals surface area contributed by atoms with Crippen molar-refractivity contribution in [3.05, 3.63) is 22.4 Å². The largest absolute Gasteiger partial charge is 0.376 e. The number of nitrogens with two attached hydrogens (primary N) is 1. The lowest BCUT2D eigenvalue weighted by atomic mass is 9.83. The molecule has 17 heavy (non-hydrogen) atoms. The van der Waals surface area contributed by atoms with Gasteiger partial charge < -0.3 is 4.74 Å². The van der Waals surface area contributed by atoms with Crippen LogP contribution in [-0.2, 0) is 11.2 Å². The van der Waals surface area contributed by atoms with Gasteiger partial charge in [0.15, 0.2) is 0 Å². The first-order valence-corrected chi connectivity index (χ1v) is 6.97. The summed E-state index contributed by atoms with van der Waals surface area (Å²) in [5.74, 6) is 5.69. The highest BCUT2D eigenvalue weighted by Gasteiger charge is 2.32. The second kappa shape index (κ2) is 6.50. The van der Waals surface area contributed by atoms with E-state index >= 15 is 0 Å². The minimum atomic E-state index is 0.0737. The van der Waals surface area contributed by atoms with Gasteiger partial charge in [-0.3, -0.25) is 11.3 Å². The first kappa shape index (κ1) is 14.6. The van der Waals surface area contributed by atoms with Gasteiger partial charge in [-0.1, -0.05) is 26.8 Å². The van der Waals surface area contributed by atoms with Crippen molar-refractivity contribution in [1.82, 2.24) is 5.43 Å². The van der Waals surface area contributed by atoms with Crippen LogP contribution in [0.2, 0.25) is 0 Å². The van der Waals surface area contributed by atoms with Crippen molar-refractivity contribution in [2.75, 3.05) is 6.61 Å². The minimum absolute atomic E-state index is 0.0737. The van der Waals surface area contributed by atoms with Gasteiger partial charge in [-0.05, 0) is 23.8 Å². The third-order valence-electron chi connectivity index (χ3n) is 2.78.